The number of aromatic nitrogens is 2. The number of piperazine rings is 1. The average Bonchev–Trinajstić information content (AvgIpc) is 3.17. The smallest absolute Gasteiger partial charge is 0.411 e. The van der Waals surface area contributed by atoms with Crippen LogP contribution in [0.25, 0.3) is 11.0 Å². The highest BCUT2D eigenvalue weighted by Crippen LogP contribution is 2.35. The van der Waals surface area contributed by atoms with Gasteiger partial charge in [0.25, 0.3) is 0 Å². The number of hydrogen-bond acceptors (Lipinski definition) is 6. The summed E-state index contributed by atoms with van der Waals surface area (Å²) in [6, 6.07) is 2.45. The summed E-state index contributed by atoms with van der Waals surface area (Å²) in [4.78, 5) is 35.3. The van der Waals surface area contributed by atoms with Gasteiger partial charge in [-0.1, -0.05) is 20.8 Å². The van der Waals surface area contributed by atoms with Gasteiger partial charge >= 0.3 is 6.09 Å². The van der Waals surface area contributed by atoms with Crippen LogP contribution >= 0.6 is 0 Å². The Morgan fingerprint density at radius 2 is 1.75 bits per heavy atom. The van der Waals surface area contributed by atoms with Crippen LogP contribution in [0.4, 0.5) is 19.5 Å². The van der Waals surface area contributed by atoms with Crippen LogP contribution in [-0.2, 0) is 15.1 Å². The number of benzene rings is 1. The highest BCUT2D eigenvalue weighted by molar-refractivity contribution is 5.94. The maximum Gasteiger partial charge on any atom is 0.411 e. The molecule has 2 heterocycles. The van der Waals surface area contributed by atoms with Crippen LogP contribution in [0.3, 0.4) is 0 Å². The maximum absolute atomic E-state index is 15.3. The molecule has 0 bridgehead atoms. The third-order valence-corrected chi connectivity index (χ3v) is 5.90. The number of nitrogens with zero attached hydrogens (tertiary/aromatic N) is 6. The summed E-state index contributed by atoms with van der Waals surface area (Å²) in [6.07, 6.45) is -0.514. The molecule has 1 aliphatic heterocycles. The number of ether oxygens (including phenoxy) is 1. The molecular formula is C25H34F2N6O3. The van der Waals surface area contributed by atoms with Gasteiger partial charge in [-0.05, 0) is 39.3 Å². The van der Waals surface area contributed by atoms with E-state index in [-0.39, 0.29) is 23.4 Å². The second-order valence-electron chi connectivity index (χ2n) is 11.3. The van der Waals surface area contributed by atoms with Crippen molar-refractivity contribution in [2.24, 2.45) is 5.41 Å². The Hall–Kier alpha value is -3.26. The predicted octanol–water partition coefficient (Wildman–Crippen LogP) is 4.05. The van der Waals surface area contributed by atoms with Crippen LogP contribution in [0, 0.1) is 28.4 Å². The molecular weight excluding hydrogens is 470 g/mol. The summed E-state index contributed by atoms with van der Waals surface area (Å²) in [5.74, 6) is -2.30. The molecule has 3 rings (SSSR count). The van der Waals surface area contributed by atoms with Crippen molar-refractivity contribution >= 4 is 29.0 Å². The van der Waals surface area contributed by atoms with Crippen LogP contribution in [0.5, 0.6) is 0 Å². The van der Waals surface area contributed by atoms with Crippen LogP contribution in [0.15, 0.2) is 6.07 Å². The first-order valence-electron chi connectivity index (χ1n) is 11.9. The summed E-state index contributed by atoms with van der Waals surface area (Å²) >= 11 is 0. The minimum atomic E-state index is -0.930. The number of amides is 2. The molecule has 0 unspecified atom stereocenters. The van der Waals surface area contributed by atoms with E-state index in [0.717, 1.165) is 11.0 Å². The van der Waals surface area contributed by atoms with Crippen molar-refractivity contribution in [3.8, 4) is 6.07 Å². The molecule has 0 radical (unpaired) electrons. The van der Waals surface area contributed by atoms with E-state index >= 15 is 4.39 Å². The highest BCUT2D eigenvalue weighted by atomic mass is 19.1. The van der Waals surface area contributed by atoms with Gasteiger partial charge < -0.3 is 19.1 Å². The van der Waals surface area contributed by atoms with Crippen molar-refractivity contribution in [3.63, 3.8) is 0 Å². The van der Waals surface area contributed by atoms with Gasteiger partial charge in [0.2, 0.25) is 11.9 Å². The quantitative estimate of drug-likeness (QED) is 0.583. The summed E-state index contributed by atoms with van der Waals surface area (Å²) in [7, 11) is 1.96. The monoisotopic (exact) mass is 504 g/mol. The van der Waals surface area contributed by atoms with E-state index in [1.165, 1.54) is 4.57 Å². The second-order valence-corrected chi connectivity index (χ2v) is 11.3. The largest absolute Gasteiger partial charge is 0.427 e. The summed E-state index contributed by atoms with van der Waals surface area (Å²) in [6.45, 7) is 12.8. The zero-order chi connectivity index (χ0) is 27.0. The fourth-order valence-electron chi connectivity index (χ4n) is 4.05. The average molecular weight is 505 g/mol. The van der Waals surface area contributed by atoms with Gasteiger partial charge in [-0.25, -0.2) is 23.5 Å². The van der Waals surface area contributed by atoms with Crippen LogP contribution in [-0.4, -0.2) is 71.3 Å². The number of hydrogen-bond donors (Lipinski definition) is 0. The minimum absolute atomic E-state index is 0.0641. The lowest BCUT2D eigenvalue weighted by Crippen LogP contribution is -2.48. The van der Waals surface area contributed by atoms with Gasteiger partial charge in [-0.3, -0.25) is 4.79 Å². The normalized spacial score (nSPS) is 15.2. The zero-order valence-corrected chi connectivity index (χ0v) is 22.0. The number of imidazole rings is 1. The number of fused-ring (bicyclic) bond motifs is 1. The number of rotatable bonds is 4. The molecule has 2 amide bonds. The molecule has 0 aliphatic carbocycles. The van der Waals surface area contributed by atoms with Gasteiger partial charge in [0.1, 0.15) is 17.1 Å². The first-order chi connectivity index (χ1) is 16.6. The van der Waals surface area contributed by atoms with Gasteiger partial charge in [-0.2, -0.15) is 5.26 Å². The summed E-state index contributed by atoms with van der Waals surface area (Å²) in [5, 5.41) is 9.30. The SMILES string of the molecule is CN1CCN(C(=O)OCN(C(=O)CC(C)(C)C)c2nc3c(F)cc(C#N)c(F)c3n2C(C)(C)C)CC1. The highest BCUT2D eigenvalue weighted by Gasteiger charge is 2.34. The van der Waals surface area contributed by atoms with Crippen LogP contribution in [0.1, 0.15) is 53.5 Å². The number of carbonyl (C=O) groups is 2. The van der Waals surface area contributed by atoms with E-state index < -0.39 is 46.9 Å². The van der Waals surface area contributed by atoms with Gasteiger partial charge in [0.15, 0.2) is 18.4 Å². The minimum Gasteiger partial charge on any atom is -0.427 e. The molecule has 1 aromatic carbocycles. The molecule has 11 heteroatoms. The molecule has 2 aromatic rings. The maximum atomic E-state index is 15.3. The Labute approximate surface area is 210 Å². The standard InChI is InChI=1S/C25H34F2N6O3/c1-24(2,3)13-18(34)32(15-36-23(35)31-10-8-30(7)9-11-31)22-29-20-17(26)12-16(14-28)19(27)21(20)33(22)25(4,5)6/h12H,8-11,13,15H2,1-7H3. The van der Waals surface area contributed by atoms with Gasteiger partial charge in [0.05, 0.1) is 5.56 Å². The van der Waals surface area contributed by atoms with Crippen LogP contribution < -0.4 is 4.90 Å². The third-order valence-electron chi connectivity index (χ3n) is 5.90. The Morgan fingerprint density at radius 3 is 2.28 bits per heavy atom. The fourth-order valence-corrected chi connectivity index (χ4v) is 4.05. The van der Waals surface area contributed by atoms with E-state index in [2.05, 4.69) is 9.88 Å². The molecule has 36 heavy (non-hydrogen) atoms. The molecule has 0 N–H and O–H groups in total. The van der Waals surface area contributed by atoms with Crippen LogP contribution in [0.2, 0.25) is 0 Å². The Bertz CT molecular complexity index is 1200. The lowest BCUT2D eigenvalue weighted by molar-refractivity contribution is -0.121. The Balaban J connectivity index is 2.10. The van der Waals surface area contributed by atoms with Gasteiger partial charge in [-0.15, -0.1) is 0 Å². The lowest BCUT2D eigenvalue weighted by atomic mass is 9.92. The number of halogens is 2. The number of carbonyl (C=O) groups excluding carboxylic acids is 2. The predicted molar refractivity (Wildman–Crippen MR) is 131 cm³/mol. The van der Waals surface area contributed by atoms with E-state index in [1.807, 2.05) is 27.8 Å². The molecule has 196 valence electrons. The van der Waals surface area contributed by atoms with E-state index in [0.29, 0.717) is 26.2 Å². The molecule has 1 saturated heterocycles. The zero-order valence-electron chi connectivity index (χ0n) is 22.0. The van der Waals surface area contributed by atoms with Gasteiger partial charge in [0, 0.05) is 38.1 Å². The number of anilines is 1. The molecule has 0 saturated carbocycles. The third kappa shape index (κ3) is 5.75. The van der Waals surface area contributed by atoms with Crippen molar-refractivity contribution < 1.29 is 23.1 Å². The molecule has 1 aromatic heterocycles. The van der Waals surface area contributed by atoms with Crippen molar-refractivity contribution in [2.45, 2.75) is 53.5 Å². The van der Waals surface area contributed by atoms with E-state index in [9.17, 15) is 19.2 Å². The fraction of sp³-hybridized carbons (Fsp3) is 0.600. The molecule has 1 fully saturated rings. The Kier molecular flexibility index (Phi) is 7.60. The van der Waals surface area contributed by atoms with Crippen molar-refractivity contribution in [2.75, 3.05) is 44.9 Å². The summed E-state index contributed by atoms with van der Waals surface area (Å²) in [5.41, 5.74) is -2.29. The lowest BCUT2D eigenvalue weighted by Gasteiger charge is -2.33. The van der Waals surface area contributed by atoms with Crippen molar-refractivity contribution in [3.05, 3.63) is 23.3 Å². The molecule has 9 nitrogen and oxygen atoms in total. The number of nitriles is 1. The first-order valence-corrected chi connectivity index (χ1v) is 11.9. The Morgan fingerprint density at radius 1 is 1.14 bits per heavy atom. The van der Waals surface area contributed by atoms with Crippen molar-refractivity contribution in [1.82, 2.24) is 19.4 Å². The molecule has 1 aliphatic rings. The topological polar surface area (TPSA) is 94.7 Å². The van der Waals surface area contributed by atoms with E-state index in [1.54, 1.807) is 31.7 Å². The molecule has 0 atom stereocenters. The molecule has 0 spiro atoms. The first kappa shape index (κ1) is 27.3. The van der Waals surface area contributed by atoms with Crippen molar-refractivity contribution in [1.29, 1.82) is 5.26 Å². The van der Waals surface area contributed by atoms with E-state index in [4.69, 9.17) is 4.74 Å². The second kappa shape index (κ2) is 10.0. The summed E-state index contributed by atoms with van der Waals surface area (Å²) < 4.78 is 37.2. The number of likely N-dealkylation sites (N-methyl/N-ethyl adjacent to an activating group) is 1.